The largest absolute Gasteiger partial charge is 0.447 e. The van der Waals surface area contributed by atoms with Crippen molar-refractivity contribution in [2.24, 2.45) is 5.92 Å². The number of nitrogens with one attached hydrogen (secondary N) is 2. The number of nitrogens with zero attached hydrogens (tertiary/aromatic N) is 1. The van der Waals surface area contributed by atoms with Gasteiger partial charge in [0, 0.05) is 0 Å². The third-order valence-electron chi connectivity index (χ3n) is 3.74. The van der Waals surface area contributed by atoms with Crippen LogP contribution in [0.4, 0.5) is 0 Å². The van der Waals surface area contributed by atoms with E-state index in [2.05, 4.69) is 22.0 Å². The lowest BCUT2D eigenvalue weighted by molar-refractivity contribution is 0.215. The number of sulfonamides is 1. The van der Waals surface area contributed by atoms with Gasteiger partial charge in [-0.1, -0.05) is 0 Å². The van der Waals surface area contributed by atoms with Crippen molar-refractivity contribution >= 4 is 10.0 Å². The van der Waals surface area contributed by atoms with E-state index >= 15 is 0 Å². The Bertz CT molecular complexity index is 519. The predicted molar refractivity (Wildman–Crippen MR) is 76.9 cm³/mol. The first kappa shape index (κ1) is 15.5. The van der Waals surface area contributed by atoms with Gasteiger partial charge in [-0.2, -0.15) is 0 Å². The quantitative estimate of drug-likeness (QED) is 0.806. The summed E-state index contributed by atoms with van der Waals surface area (Å²) in [6.07, 6.45) is 2.42. The number of likely N-dealkylation sites (tertiary alicyclic amines) is 1. The molecule has 1 aromatic heterocycles. The predicted octanol–water partition coefficient (Wildman–Crippen LogP) is 0.619. The molecular weight excluding hydrogens is 278 g/mol. The number of hydrogen-bond acceptors (Lipinski definition) is 5. The van der Waals surface area contributed by atoms with Crippen molar-refractivity contribution in [2.45, 2.75) is 24.5 Å². The van der Waals surface area contributed by atoms with Crippen LogP contribution in [0.1, 0.15) is 18.6 Å². The summed E-state index contributed by atoms with van der Waals surface area (Å²) in [4.78, 5) is 2.35. The maximum absolute atomic E-state index is 11.5. The van der Waals surface area contributed by atoms with Crippen LogP contribution >= 0.6 is 0 Å². The van der Waals surface area contributed by atoms with Crippen molar-refractivity contribution in [3.8, 4) is 0 Å². The van der Waals surface area contributed by atoms with Crippen LogP contribution in [-0.2, 0) is 16.6 Å². The van der Waals surface area contributed by atoms with Gasteiger partial charge in [0.2, 0.25) is 5.09 Å². The van der Waals surface area contributed by atoms with E-state index in [-0.39, 0.29) is 5.09 Å². The van der Waals surface area contributed by atoms with Crippen molar-refractivity contribution in [1.82, 2.24) is 14.9 Å². The second kappa shape index (κ2) is 6.71. The van der Waals surface area contributed by atoms with E-state index in [4.69, 9.17) is 4.42 Å². The summed E-state index contributed by atoms with van der Waals surface area (Å²) in [7, 11) is 0.0410. The number of hydrogen-bond donors (Lipinski definition) is 2. The molecule has 0 radical (unpaired) electrons. The third-order valence-corrected chi connectivity index (χ3v) is 5.03. The highest BCUT2D eigenvalue weighted by atomic mass is 32.2. The molecule has 0 saturated carbocycles. The van der Waals surface area contributed by atoms with Gasteiger partial charge in [0.1, 0.15) is 5.76 Å². The molecule has 0 aliphatic carbocycles. The molecule has 0 unspecified atom stereocenters. The van der Waals surface area contributed by atoms with E-state index in [1.54, 1.807) is 6.07 Å². The van der Waals surface area contributed by atoms with Gasteiger partial charge < -0.3 is 14.6 Å². The third kappa shape index (κ3) is 4.05. The molecular formula is C13H23N3O3S. The van der Waals surface area contributed by atoms with Gasteiger partial charge in [0.25, 0.3) is 10.0 Å². The Morgan fingerprint density at radius 1 is 1.35 bits per heavy atom. The fourth-order valence-corrected chi connectivity index (χ4v) is 3.03. The van der Waals surface area contributed by atoms with E-state index in [0.717, 1.165) is 19.6 Å². The van der Waals surface area contributed by atoms with Crippen molar-refractivity contribution in [3.63, 3.8) is 0 Å². The molecule has 7 heteroatoms. The van der Waals surface area contributed by atoms with E-state index in [1.165, 1.54) is 26.0 Å². The summed E-state index contributed by atoms with van der Waals surface area (Å²) in [6.45, 7) is 3.81. The highest BCUT2D eigenvalue weighted by Gasteiger charge is 2.18. The van der Waals surface area contributed by atoms with E-state index in [9.17, 15) is 8.42 Å². The van der Waals surface area contributed by atoms with Crippen molar-refractivity contribution in [3.05, 3.63) is 17.9 Å². The zero-order valence-electron chi connectivity index (χ0n) is 12.1. The standard InChI is InChI=1S/C13H23N3O3S/c1-14-20(17,18)13-4-3-12(19-13)10-15-9-11-5-7-16(2)8-6-11/h3-4,11,14-15H,5-10H2,1-2H3. The number of rotatable bonds is 6. The smallest absolute Gasteiger partial charge is 0.273 e. The minimum Gasteiger partial charge on any atom is -0.447 e. The lowest BCUT2D eigenvalue weighted by atomic mass is 9.97. The van der Waals surface area contributed by atoms with Gasteiger partial charge in [0.05, 0.1) is 6.54 Å². The minimum absolute atomic E-state index is 0.0314. The van der Waals surface area contributed by atoms with Crippen LogP contribution in [-0.4, -0.2) is 47.0 Å². The summed E-state index contributed by atoms with van der Waals surface area (Å²) < 4.78 is 30.6. The maximum Gasteiger partial charge on any atom is 0.273 e. The highest BCUT2D eigenvalue weighted by molar-refractivity contribution is 7.89. The first-order valence-corrected chi connectivity index (χ1v) is 8.41. The first-order valence-electron chi connectivity index (χ1n) is 6.93. The molecule has 20 heavy (non-hydrogen) atoms. The second-order valence-electron chi connectivity index (χ2n) is 5.31. The number of piperidine rings is 1. The Kier molecular flexibility index (Phi) is 5.20. The topological polar surface area (TPSA) is 74.6 Å². The SMILES string of the molecule is CNS(=O)(=O)c1ccc(CNCC2CCN(C)CC2)o1. The molecule has 0 aromatic carbocycles. The fraction of sp³-hybridized carbons (Fsp3) is 0.692. The molecule has 0 bridgehead atoms. The normalized spacial score (nSPS) is 18.5. The van der Waals surface area contributed by atoms with Gasteiger partial charge in [-0.05, 0) is 64.6 Å². The molecule has 2 N–H and O–H groups in total. The van der Waals surface area contributed by atoms with E-state index in [1.807, 2.05) is 0 Å². The van der Waals surface area contributed by atoms with Crippen molar-refractivity contribution in [2.75, 3.05) is 33.7 Å². The molecule has 0 amide bonds. The molecule has 114 valence electrons. The molecule has 2 heterocycles. The average Bonchev–Trinajstić information content (AvgIpc) is 2.91. The van der Waals surface area contributed by atoms with E-state index < -0.39 is 10.0 Å². The molecule has 2 rings (SSSR count). The summed E-state index contributed by atoms with van der Waals surface area (Å²) in [6, 6.07) is 3.18. The Morgan fingerprint density at radius 3 is 2.70 bits per heavy atom. The number of furan rings is 1. The molecule has 1 aliphatic rings. The minimum atomic E-state index is -3.48. The molecule has 1 fully saturated rings. The molecule has 6 nitrogen and oxygen atoms in total. The Balaban J connectivity index is 1.77. The summed E-state index contributed by atoms with van der Waals surface area (Å²) in [5.41, 5.74) is 0. The molecule has 1 aromatic rings. The Labute approximate surface area is 120 Å². The van der Waals surface area contributed by atoms with Crippen LogP contribution in [0.15, 0.2) is 21.6 Å². The van der Waals surface area contributed by atoms with Crippen molar-refractivity contribution < 1.29 is 12.8 Å². The monoisotopic (exact) mass is 301 g/mol. The van der Waals surface area contributed by atoms with Crippen LogP contribution in [0.5, 0.6) is 0 Å². The van der Waals surface area contributed by atoms with Crippen LogP contribution in [0.25, 0.3) is 0 Å². The lowest BCUT2D eigenvalue weighted by Gasteiger charge is -2.28. The van der Waals surface area contributed by atoms with Crippen LogP contribution in [0.3, 0.4) is 0 Å². The van der Waals surface area contributed by atoms with Gasteiger partial charge in [-0.15, -0.1) is 0 Å². The maximum atomic E-state index is 11.5. The molecule has 1 saturated heterocycles. The van der Waals surface area contributed by atoms with E-state index in [0.29, 0.717) is 18.2 Å². The van der Waals surface area contributed by atoms with Gasteiger partial charge in [0.15, 0.2) is 0 Å². The van der Waals surface area contributed by atoms with Crippen molar-refractivity contribution in [1.29, 1.82) is 0 Å². The zero-order valence-corrected chi connectivity index (χ0v) is 12.9. The van der Waals surface area contributed by atoms with Gasteiger partial charge >= 0.3 is 0 Å². The average molecular weight is 301 g/mol. The van der Waals surface area contributed by atoms with Crippen LogP contribution in [0.2, 0.25) is 0 Å². The van der Waals surface area contributed by atoms with Gasteiger partial charge in [-0.3, -0.25) is 0 Å². The summed E-state index contributed by atoms with van der Waals surface area (Å²) in [5, 5.41) is 3.31. The summed E-state index contributed by atoms with van der Waals surface area (Å²) >= 11 is 0. The molecule has 0 spiro atoms. The molecule has 1 aliphatic heterocycles. The Hall–Kier alpha value is -0.890. The van der Waals surface area contributed by atoms with Crippen LogP contribution < -0.4 is 10.0 Å². The molecule has 0 atom stereocenters. The van der Waals surface area contributed by atoms with Gasteiger partial charge in [-0.25, -0.2) is 13.1 Å². The summed E-state index contributed by atoms with van der Waals surface area (Å²) in [5.74, 6) is 1.34. The van der Waals surface area contributed by atoms with Crippen LogP contribution in [0, 0.1) is 5.92 Å². The fourth-order valence-electron chi connectivity index (χ4n) is 2.36. The highest BCUT2D eigenvalue weighted by Crippen LogP contribution is 2.16. The lowest BCUT2D eigenvalue weighted by Crippen LogP contribution is -2.34. The first-order chi connectivity index (χ1) is 9.51. The Morgan fingerprint density at radius 2 is 2.05 bits per heavy atom. The second-order valence-corrected chi connectivity index (χ2v) is 7.12. The zero-order chi connectivity index (χ0) is 14.6.